The molecule has 21 heavy (non-hydrogen) atoms. The van der Waals surface area contributed by atoms with Crippen molar-refractivity contribution in [2.45, 2.75) is 26.2 Å². The zero-order valence-corrected chi connectivity index (χ0v) is 12.5. The molecule has 0 saturated heterocycles. The van der Waals surface area contributed by atoms with Crippen LogP contribution in [0.1, 0.15) is 23.4 Å². The van der Waals surface area contributed by atoms with Crippen LogP contribution in [0.15, 0.2) is 30.6 Å². The fraction of sp³-hybridized carbons (Fsp3) is 0.375. The van der Waals surface area contributed by atoms with Crippen LogP contribution in [0.25, 0.3) is 0 Å². The van der Waals surface area contributed by atoms with Gasteiger partial charge in [0.25, 0.3) is 0 Å². The summed E-state index contributed by atoms with van der Waals surface area (Å²) >= 11 is 0. The first kappa shape index (κ1) is 15.1. The summed E-state index contributed by atoms with van der Waals surface area (Å²) < 4.78 is 5.26. The number of nitrogens with one attached hydrogen (secondary N) is 2. The Kier molecular flexibility index (Phi) is 5.37. The molecule has 0 unspecified atom stereocenters. The lowest BCUT2D eigenvalue weighted by Gasteiger charge is -2.08. The highest BCUT2D eigenvalue weighted by Gasteiger charge is 2.06. The Morgan fingerprint density at radius 1 is 1.43 bits per heavy atom. The van der Waals surface area contributed by atoms with E-state index in [2.05, 4.69) is 15.3 Å². The maximum Gasteiger partial charge on any atom is 0.224 e. The summed E-state index contributed by atoms with van der Waals surface area (Å²) in [6.45, 7) is 2.64. The first-order chi connectivity index (χ1) is 10.2. The first-order valence-electron chi connectivity index (χ1n) is 7.07. The molecule has 2 rings (SSSR count). The number of imidazole rings is 1. The number of ether oxygens (including phenoxy) is 1. The molecular formula is C16H21N3O2. The minimum Gasteiger partial charge on any atom is -0.496 e. The van der Waals surface area contributed by atoms with Crippen molar-refractivity contribution in [1.82, 2.24) is 15.3 Å². The van der Waals surface area contributed by atoms with Crippen LogP contribution >= 0.6 is 0 Å². The van der Waals surface area contributed by atoms with Gasteiger partial charge in [-0.1, -0.05) is 12.1 Å². The number of carbonyl (C=O) groups is 1. The van der Waals surface area contributed by atoms with Crippen LogP contribution < -0.4 is 10.1 Å². The Morgan fingerprint density at radius 2 is 2.29 bits per heavy atom. The van der Waals surface area contributed by atoms with Gasteiger partial charge in [0.1, 0.15) is 11.6 Å². The molecule has 0 atom stereocenters. The maximum absolute atomic E-state index is 11.9. The molecule has 112 valence electrons. The molecule has 5 heteroatoms. The van der Waals surface area contributed by atoms with E-state index < -0.39 is 0 Å². The lowest BCUT2D eigenvalue weighted by Crippen LogP contribution is -2.26. The largest absolute Gasteiger partial charge is 0.496 e. The van der Waals surface area contributed by atoms with E-state index in [9.17, 15) is 4.79 Å². The fourth-order valence-corrected chi connectivity index (χ4v) is 2.14. The lowest BCUT2D eigenvalue weighted by molar-refractivity contribution is -0.120. The average Bonchev–Trinajstić information content (AvgIpc) is 2.99. The summed E-state index contributed by atoms with van der Waals surface area (Å²) in [5.74, 6) is 1.80. The predicted octanol–water partition coefficient (Wildman–Crippen LogP) is 2.02. The number of rotatable bonds is 7. The topological polar surface area (TPSA) is 67.0 Å². The Labute approximate surface area is 124 Å². The molecule has 1 aromatic heterocycles. The smallest absolute Gasteiger partial charge is 0.224 e. The van der Waals surface area contributed by atoms with E-state index in [1.54, 1.807) is 19.5 Å². The Bertz CT molecular complexity index is 579. The molecule has 0 fully saturated rings. The summed E-state index contributed by atoms with van der Waals surface area (Å²) in [5.41, 5.74) is 2.03. The standard InChI is InChI=1S/C16H21N3O2/c1-12-5-6-13(10-14(12)21-2)11-16(20)19-7-3-4-15-17-8-9-18-15/h5-6,8-10H,3-4,7,11H2,1-2H3,(H,17,18)(H,19,20). The monoisotopic (exact) mass is 287 g/mol. The minimum atomic E-state index is 0.0281. The van der Waals surface area contributed by atoms with Crippen LogP contribution in [0.4, 0.5) is 0 Å². The van der Waals surface area contributed by atoms with Gasteiger partial charge in [0.05, 0.1) is 13.5 Å². The normalized spacial score (nSPS) is 10.4. The molecule has 0 aliphatic rings. The van der Waals surface area contributed by atoms with E-state index in [1.807, 2.05) is 25.1 Å². The van der Waals surface area contributed by atoms with Crippen molar-refractivity contribution in [2.75, 3.05) is 13.7 Å². The number of hydrogen-bond donors (Lipinski definition) is 2. The molecule has 0 spiro atoms. The van der Waals surface area contributed by atoms with E-state index in [4.69, 9.17) is 4.74 Å². The summed E-state index contributed by atoms with van der Waals surface area (Å²) in [6, 6.07) is 5.84. The second kappa shape index (κ2) is 7.47. The van der Waals surface area contributed by atoms with Crippen molar-refractivity contribution in [3.8, 4) is 5.75 Å². The zero-order valence-electron chi connectivity index (χ0n) is 12.5. The van der Waals surface area contributed by atoms with Gasteiger partial charge in [0.2, 0.25) is 5.91 Å². The van der Waals surface area contributed by atoms with Gasteiger partial charge >= 0.3 is 0 Å². The van der Waals surface area contributed by atoms with E-state index in [0.29, 0.717) is 13.0 Å². The molecule has 1 heterocycles. The molecule has 0 bridgehead atoms. The molecule has 0 radical (unpaired) electrons. The van der Waals surface area contributed by atoms with Gasteiger partial charge in [0, 0.05) is 25.4 Å². The zero-order chi connectivity index (χ0) is 15.1. The first-order valence-corrected chi connectivity index (χ1v) is 7.07. The van der Waals surface area contributed by atoms with Gasteiger partial charge in [-0.15, -0.1) is 0 Å². The number of H-pyrrole nitrogens is 1. The van der Waals surface area contributed by atoms with Gasteiger partial charge in [-0.3, -0.25) is 4.79 Å². The van der Waals surface area contributed by atoms with Gasteiger partial charge in [-0.25, -0.2) is 4.98 Å². The highest BCUT2D eigenvalue weighted by molar-refractivity contribution is 5.78. The van der Waals surface area contributed by atoms with Gasteiger partial charge in [-0.05, 0) is 30.5 Å². The summed E-state index contributed by atoms with van der Waals surface area (Å²) in [6.07, 6.45) is 5.62. The van der Waals surface area contributed by atoms with Crippen LogP contribution in [-0.2, 0) is 17.6 Å². The predicted molar refractivity (Wildman–Crippen MR) is 81.4 cm³/mol. The van der Waals surface area contributed by atoms with Crippen molar-refractivity contribution >= 4 is 5.91 Å². The van der Waals surface area contributed by atoms with Crippen LogP contribution in [0.5, 0.6) is 5.75 Å². The molecule has 2 aromatic rings. The molecule has 0 aliphatic carbocycles. The molecule has 5 nitrogen and oxygen atoms in total. The number of aryl methyl sites for hydroxylation is 2. The van der Waals surface area contributed by atoms with Crippen molar-refractivity contribution in [1.29, 1.82) is 0 Å². The molecule has 0 aliphatic heterocycles. The lowest BCUT2D eigenvalue weighted by atomic mass is 10.1. The molecular weight excluding hydrogens is 266 g/mol. The van der Waals surface area contributed by atoms with Crippen molar-refractivity contribution < 1.29 is 9.53 Å². The highest BCUT2D eigenvalue weighted by Crippen LogP contribution is 2.19. The van der Waals surface area contributed by atoms with E-state index in [1.165, 1.54) is 0 Å². The SMILES string of the molecule is COc1cc(CC(=O)NCCCc2ncc[nH]2)ccc1C. The molecule has 0 saturated carbocycles. The second-order valence-corrected chi connectivity index (χ2v) is 4.97. The average molecular weight is 287 g/mol. The number of benzene rings is 1. The molecule has 2 N–H and O–H groups in total. The Morgan fingerprint density at radius 3 is 3.00 bits per heavy atom. The second-order valence-electron chi connectivity index (χ2n) is 4.97. The quantitative estimate of drug-likeness (QED) is 0.766. The number of aromatic nitrogens is 2. The van der Waals surface area contributed by atoms with E-state index >= 15 is 0 Å². The third kappa shape index (κ3) is 4.63. The van der Waals surface area contributed by atoms with Crippen molar-refractivity contribution in [2.24, 2.45) is 0 Å². The molecule has 1 aromatic carbocycles. The summed E-state index contributed by atoms with van der Waals surface area (Å²) in [7, 11) is 1.64. The number of nitrogens with zero attached hydrogens (tertiary/aromatic N) is 1. The van der Waals surface area contributed by atoms with E-state index in [-0.39, 0.29) is 5.91 Å². The number of carbonyl (C=O) groups excluding carboxylic acids is 1. The maximum atomic E-state index is 11.9. The van der Waals surface area contributed by atoms with Crippen LogP contribution in [0.3, 0.4) is 0 Å². The van der Waals surface area contributed by atoms with Crippen LogP contribution in [-0.4, -0.2) is 29.5 Å². The highest BCUT2D eigenvalue weighted by atomic mass is 16.5. The van der Waals surface area contributed by atoms with Gasteiger partial charge in [0.15, 0.2) is 0 Å². The number of hydrogen-bond acceptors (Lipinski definition) is 3. The van der Waals surface area contributed by atoms with Crippen molar-refractivity contribution in [3.05, 3.63) is 47.5 Å². The van der Waals surface area contributed by atoms with Crippen LogP contribution in [0, 0.1) is 6.92 Å². The number of methoxy groups -OCH3 is 1. The molecule has 1 amide bonds. The number of aromatic amines is 1. The van der Waals surface area contributed by atoms with Crippen molar-refractivity contribution in [3.63, 3.8) is 0 Å². The van der Waals surface area contributed by atoms with Gasteiger partial charge in [-0.2, -0.15) is 0 Å². The minimum absolute atomic E-state index is 0.0281. The van der Waals surface area contributed by atoms with Gasteiger partial charge < -0.3 is 15.0 Å². The third-order valence-electron chi connectivity index (χ3n) is 3.30. The summed E-state index contributed by atoms with van der Waals surface area (Å²) in [5, 5.41) is 2.92. The third-order valence-corrected chi connectivity index (χ3v) is 3.30. The Hall–Kier alpha value is -2.30. The Balaban J connectivity index is 1.74. The number of amides is 1. The fourth-order valence-electron chi connectivity index (χ4n) is 2.14. The summed E-state index contributed by atoms with van der Waals surface area (Å²) in [4.78, 5) is 19.1. The van der Waals surface area contributed by atoms with E-state index in [0.717, 1.165) is 35.5 Å². The van der Waals surface area contributed by atoms with Crippen LogP contribution in [0.2, 0.25) is 0 Å².